The molecule has 0 unspecified atom stereocenters. The molecule has 0 aromatic carbocycles. The highest BCUT2D eigenvalue weighted by Crippen LogP contribution is 2.33. The summed E-state index contributed by atoms with van der Waals surface area (Å²) in [6.07, 6.45) is 5.50. The molecule has 5 nitrogen and oxygen atoms in total. The van der Waals surface area contributed by atoms with Crippen LogP contribution in [0.15, 0.2) is 15.4 Å². The van der Waals surface area contributed by atoms with Crippen molar-refractivity contribution >= 4 is 52.6 Å². The summed E-state index contributed by atoms with van der Waals surface area (Å²) in [5.74, 6) is -0.0395. The third-order valence-electron chi connectivity index (χ3n) is 3.15. The number of carbonyl (C=O) groups excluding carboxylic acids is 1. The lowest BCUT2D eigenvalue weighted by Gasteiger charge is -2.18. The van der Waals surface area contributed by atoms with Crippen molar-refractivity contribution in [3.05, 3.63) is 22.5 Å². The maximum absolute atomic E-state index is 12.8. The Morgan fingerprint density at radius 3 is 2.77 bits per heavy atom. The van der Waals surface area contributed by atoms with Crippen LogP contribution < -0.4 is 0 Å². The van der Waals surface area contributed by atoms with Crippen LogP contribution in [0.4, 0.5) is 0 Å². The Bertz CT molecular complexity index is 649. The monoisotopic (exact) mass is 376 g/mol. The van der Waals surface area contributed by atoms with Crippen LogP contribution in [0.25, 0.3) is 0 Å². The highest BCUT2D eigenvalue weighted by Gasteiger charge is 2.24. The molecule has 0 saturated carbocycles. The standard InChI is InChI=1S/C13H17ClN4OS3/c1-5-18-9(8(14)6-15-18)7-17(2)12(19)10-11(20-3)16-22-13(10)21-4/h6H,5,7H2,1-4H3. The van der Waals surface area contributed by atoms with Crippen molar-refractivity contribution in [2.24, 2.45) is 0 Å². The molecular weight excluding hydrogens is 360 g/mol. The molecule has 0 aliphatic carbocycles. The second kappa shape index (κ2) is 7.72. The van der Waals surface area contributed by atoms with Crippen LogP contribution in [0.3, 0.4) is 0 Å². The van der Waals surface area contributed by atoms with Crippen molar-refractivity contribution in [1.29, 1.82) is 0 Å². The molecule has 2 aromatic heterocycles. The van der Waals surface area contributed by atoms with Gasteiger partial charge in [0.1, 0.15) is 5.03 Å². The Kier molecular flexibility index (Phi) is 6.19. The first-order valence-corrected chi connectivity index (χ1v) is 10.2. The molecule has 0 saturated heterocycles. The molecule has 2 heterocycles. The smallest absolute Gasteiger partial charge is 0.258 e. The van der Waals surface area contributed by atoms with Crippen LogP contribution in [0, 0.1) is 0 Å². The van der Waals surface area contributed by atoms with Gasteiger partial charge in [-0.1, -0.05) is 11.6 Å². The molecule has 22 heavy (non-hydrogen) atoms. The maximum atomic E-state index is 12.8. The average molecular weight is 377 g/mol. The first kappa shape index (κ1) is 17.7. The zero-order chi connectivity index (χ0) is 16.3. The highest BCUT2D eigenvalue weighted by atomic mass is 35.5. The Labute approximate surface area is 147 Å². The SMILES string of the molecule is CCn1ncc(Cl)c1CN(C)C(=O)c1c(SC)nsc1SC. The predicted molar refractivity (Wildman–Crippen MR) is 94.4 cm³/mol. The minimum atomic E-state index is -0.0395. The summed E-state index contributed by atoms with van der Waals surface area (Å²) in [6.45, 7) is 3.13. The zero-order valence-corrected chi connectivity index (χ0v) is 16.0. The lowest BCUT2D eigenvalue weighted by molar-refractivity contribution is 0.0775. The van der Waals surface area contributed by atoms with E-state index in [0.29, 0.717) is 17.1 Å². The molecule has 2 aromatic rings. The van der Waals surface area contributed by atoms with E-state index in [1.165, 1.54) is 23.3 Å². The molecule has 2 rings (SSSR count). The van der Waals surface area contributed by atoms with Crippen LogP contribution >= 0.6 is 46.7 Å². The fourth-order valence-electron chi connectivity index (χ4n) is 2.02. The molecular formula is C13H17ClN4OS3. The quantitative estimate of drug-likeness (QED) is 0.719. The fraction of sp³-hybridized carbons (Fsp3) is 0.462. The minimum absolute atomic E-state index is 0.0395. The van der Waals surface area contributed by atoms with E-state index in [9.17, 15) is 4.79 Å². The summed E-state index contributed by atoms with van der Waals surface area (Å²) < 4.78 is 7.10. The summed E-state index contributed by atoms with van der Waals surface area (Å²) in [4.78, 5) is 14.5. The molecule has 120 valence electrons. The molecule has 0 atom stereocenters. The third kappa shape index (κ3) is 3.45. The first-order valence-electron chi connectivity index (χ1n) is 6.56. The van der Waals surface area contributed by atoms with Crippen molar-refractivity contribution in [2.45, 2.75) is 29.2 Å². The zero-order valence-electron chi connectivity index (χ0n) is 12.8. The molecule has 0 N–H and O–H groups in total. The van der Waals surface area contributed by atoms with Gasteiger partial charge in [0, 0.05) is 13.6 Å². The third-order valence-corrected chi connectivity index (χ3v) is 6.21. The number of aryl methyl sites for hydroxylation is 1. The van der Waals surface area contributed by atoms with Crippen molar-refractivity contribution < 1.29 is 4.79 Å². The van der Waals surface area contributed by atoms with E-state index in [2.05, 4.69) is 9.47 Å². The predicted octanol–water partition coefficient (Wildman–Crippen LogP) is 3.73. The van der Waals surface area contributed by atoms with Crippen LogP contribution in [0.5, 0.6) is 0 Å². The topological polar surface area (TPSA) is 51.0 Å². The van der Waals surface area contributed by atoms with Gasteiger partial charge in [0.05, 0.1) is 33.2 Å². The van der Waals surface area contributed by atoms with Gasteiger partial charge in [-0.05, 0) is 31.0 Å². The van der Waals surface area contributed by atoms with E-state index in [1.807, 2.05) is 24.1 Å². The van der Waals surface area contributed by atoms with Crippen molar-refractivity contribution in [3.8, 4) is 0 Å². The lowest BCUT2D eigenvalue weighted by Crippen LogP contribution is -2.28. The second-order valence-electron chi connectivity index (χ2n) is 4.47. The van der Waals surface area contributed by atoms with Gasteiger partial charge in [-0.15, -0.1) is 23.5 Å². The van der Waals surface area contributed by atoms with Gasteiger partial charge in [-0.3, -0.25) is 9.48 Å². The molecule has 0 fully saturated rings. The largest absolute Gasteiger partial charge is 0.336 e. The van der Waals surface area contributed by atoms with Crippen LogP contribution in [-0.2, 0) is 13.1 Å². The summed E-state index contributed by atoms with van der Waals surface area (Å²) >= 11 is 10.6. The molecule has 0 radical (unpaired) electrons. The van der Waals surface area contributed by atoms with Crippen molar-refractivity contribution in [1.82, 2.24) is 19.1 Å². The Morgan fingerprint density at radius 2 is 2.18 bits per heavy atom. The number of nitrogens with zero attached hydrogens (tertiary/aromatic N) is 4. The van der Waals surface area contributed by atoms with Gasteiger partial charge in [-0.25, -0.2) is 0 Å². The first-order chi connectivity index (χ1) is 10.5. The number of hydrogen-bond acceptors (Lipinski definition) is 6. The number of carbonyl (C=O) groups is 1. The van der Waals surface area contributed by atoms with Crippen molar-refractivity contribution in [2.75, 3.05) is 19.6 Å². The highest BCUT2D eigenvalue weighted by molar-refractivity contribution is 8.01. The van der Waals surface area contributed by atoms with Crippen LogP contribution in [-0.4, -0.2) is 44.5 Å². The average Bonchev–Trinajstić information content (AvgIpc) is 3.10. The summed E-state index contributed by atoms with van der Waals surface area (Å²) in [7, 11) is 1.78. The van der Waals surface area contributed by atoms with E-state index in [0.717, 1.165) is 21.5 Å². The molecule has 0 spiro atoms. The summed E-state index contributed by atoms with van der Waals surface area (Å²) in [5.41, 5.74) is 1.53. The number of hydrogen-bond donors (Lipinski definition) is 0. The Balaban J connectivity index is 2.26. The molecule has 0 bridgehead atoms. The second-order valence-corrected chi connectivity index (χ2v) is 7.53. The van der Waals surface area contributed by atoms with Crippen LogP contribution in [0.2, 0.25) is 5.02 Å². The van der Waals surface area contributed by atoms with E-state index >= 15 is 0 Å². The lowest BCUT2D eigenvalue weighted by atomic mass is 10.3. The maximum Gasteiger partial charge on any atom is 0.258 e. The molecule has 0 aliphatic heterocycles. The van der Waals surface area contributed by atoms with Gasteiger partial charge < -0.3 is 4.90 Å². The minimum Gasteiger partial charge on any atom is -0.336 e. The van der Waals surface area contributed by atoms with Gasteiger partial charge in [0.15, 0.2) is 0 Å². The Morgan fingerprint density at radius 1 is 1.45 bits per heavy atom. The van der Waals surface area contributed by atoms with E-state index in [1.54, 1.807) is 29.9 Å². The number of aromatic nitrogens is 3. The molecule has 0 aliphatic rings. The van der Waals surface area contributed by atoms with Gasteiger partial charge in [0.25, 0.3) is 5.91 Å². The van der Waals surface area contributed by atoms with Gasteiger partial charge in [0.2, 0.25) is 0 Å². The number of halogens is 1. The van der Waals surface area contributed by atoms with E-state index in [4.69, 9.17) is 11.6 Å². The fourth-order valence-corrected chi connectivity index (χ4v) is 4.49. The Hall–Kier alpha value is -0.700. The van der Waals surface area contributed by atoms with Crippen LogP contribution in [0.1, 0.15) is 23.0 Å². The van der Waals surface area contributed by atoms with E-state index in [-0.39, 0.29) is 5.91 Å². The van der Waals surface area contributed by atoms with Gasteiger partial charge in [-0.2, -0.15) is 9.47 Å². The molecule has 9 heteroatoms. The van der Waals surface area contributed by atoms with Crippen molar-refractivity contribution in [3.63, 3.8) is 0 Å². The normalized spacial score (nSPS) is 11.0. The summed E-state index contributed by atoms with van der Waals surface area (Å²) in [5, 5.41) is 5.57. The number of rotatable bonds is 6. The summed E-state index contributed by atoms with van der Waals surface area (Å²) in [6, 6.07) is 0. The van der Waals surface area contributed by atoms with Gasteiger partial charge >= 0.3 is 0 Å². The number of amides is 1. The van der Waals surface area contributed by atoms with E-state index < -0.39 is 0 Å². The number of thioether (sulfide) groups is 2. The molecule has 1 amide bonds.